The molecular weight excluding hydrogens is 375 g/mol. The Balaban J connectivity index is 0.00000288. The minimum absolute atomic E-state index is 0. The predicted molar refractivity (Wildman–Crippen MR) is 89.6 cm³/mol. The molecule has 0 atom stereocenters. The first-order valence-corrected chi connectivity index (χ1v) is 7.22. The van der Waals surface area contributed by atoms with E-state index in [1.54, 1.807) is 0 Å². The van der Waals surface area contributed by atoms with E-state index in [4.69, 9.17) is 10.00 Å². The minimum atomic E-state index is 0. The first-order chi connectivity index (χ1) is 11.3. The summed E-state index contributed by atoms with van der Waals surface area (Å²) >= 11 is 0. The average molecular weight is 392 g/mol. The maximum absolute atomic E-state index is 8.56. The molecule has 1 radical (unpaired) electrons. The van der Waals surface area contributed by atoms with Crippen LogP contribution in [-0.4, -0.2) is 17.8 Å². The van der Waals surface area contributed by atoms with Crippen LogP contribution in [0.2, 0.25) is 0 Å². The molecule has 4 nitrogen and oxygen atoms in total. The maximum Gasteiger partial charge on any atom is 0.113 e. The third-order valence-electron chi connectivity index (χ3n) is 3.02. The quantitative estimate of drug-likeness (QED) is 0.298. The van der Waals surface area contributed by atoms with E-state index in [1.165, 1.54) is 5.01 Å². The number of rotatable bonds is 8. The van der Waals surface area contributed by atoms with Crippen LogP contribution in [0, 0.1) is 17.5 Å². The van der Waals surface area contributed by atoms with E-state index in [-0.39, 0.29) is 32.7 Å². The SMILES string of the molecule is C=[C-]N(CCC#N)N=[C-]c1ccc(OCc2ccccc2)cc1.[Y]. The van der Waals surface area contributed by atoms with Crippen LogP contribution in [0.5, 0.6) is 5.75 Å². The molecule has 0 spiro atoms. The Kier molecular flexibility index (Phi) is 9.68. The Morgan fingerprint density at radius 3 is 2.46 bits per heavy atom. The third kappa shape index (κ3) is 7.08. The molecule has 24 heavy (non-hydrogen) atoms. The van der Waals surface area contributed by atoms with Gasteiger partial charge in [0.25, 0.3) is 0 Å². The van der Waals surface area contributed by atoms with Crippen molar-refractivity contribution in [1.29, 1.82) is 5.26 Å². The van der Waals surface area contributed by atoms with E-state index in [9.17, 15) is 0 Å². The van der Waals surface area contributed by atoms with Crippen molar-refractivity contribution in [3.63, 3.8) is 0 Å². The molecule has 0 saturated carbocycles. The summed E-state index contributed by atoms with van der Waals surface area (Å²) in [5.41, 5.74) is 1.94. The Morgan fingerprint density at radius 2 is 1.83 bits per heavy atom. The first-order valence-electron chi connectivity index (χ1n) is 7.22. The van der Waals surface area contributed by atoms with E-state index in [0.29, 0.717) is 19.6 Å². The average Bonchev–Trinajstić information content (AvgIpc) is 2.62. The van der Waals surface area contributed by atoms with Crippen LogP contribution >= 0.6 is 0 Å². The number of hydrazone groups is 1. The molecule has 0 bridgehead atoms. The molecule has 0 aromatic heterocycles. The van der Waals surface area contributed by atoms with Gasteiger partial charge in [0.15, 0.2) is 0 Å². The number of nitriles is 1. The Bertz CT molecular complexity index is 678. The van der Waals surface area contributed by atoms with Gasteiger partial charge in [-0.25, -0.2) is 0 Å². The van der Waals surface area contributed by atoms with Crippen molar-refractivity contribution in [2.45, 2.75) is 13.0 Å². The number of ether oxygens (including phenoxy) is 1. The standard InChI is InChI=1S/C19H17N3O.Y/c1-2-22(14-6-13-20)21-15-17-9-11-19(12-10-17)23-16-18-7-4-3-5-8-18;/h3-5,7-12H,1,6,14,16H2;/q-2;. The van der Waals surface area contributed by atoms with Crippen LogP contribution in [0.15, 0.2) is 66.3 Å². The van der Waals surface area contributed by atoms with Crippen molar-refractivity contribution in [3.05, 3.63) is 78.5 Å². The molecule has 0 heterocycles. The van der Waals surface area contributed by atoms with Crippen LogP contribution in [0.25, 0.3) is 0 Å². The molecule has 2 aromatic carbocycles. The fourth-order valence-electron chi connectivity index (χ4n) is 1.81. The first kappa shape index (κ1) is 20.1. The van der Waals surface area contributed by atoms with Gasteiger partial charge in [-0.1, -0.05) is 48.7 Å². The van der Waals surface area contributed by atoms with Crippen molar-refractivity contribution in [2.24, 2.45) is 5.10 Å². The van der Waals surface area contributed by atoms with Gasteiger partial charge in [0.2, 0.25) is 0 Å². The van der Waals surface area contributed by atoms with E-state index in [2.05, 4.69) is 30.2 Å². The molecular formula is C19H17N3OY-2. The van der Waals surface area contributed by atoms with Crippen LogP contribution in [0.4, 0.5) is 0 Å². The number of nitrogens with zero attached hydrogens (tertiary/aromatic N) is 3. The third-order valence-corrected chi connectivity index (χ3v) is 3.02. The second-order valence-corrected chi connectivity index (χ2v) is 4.70. The van der Waals surface area contributed by atoms with E-state index >= 15 is 0 Å². The second-order valence-electron chi connectivity index (χ2n) is 4.70. The van der Waals surface area contributed by atoms with Gasteiger partial charge >= 0.3 is 0 Å². The smallest absolute Gasteiger partial charge is 0.113 e. The van der Waals surface area contributed by atoms with Crippen molar-refractivity contribution < 1.29 is 37.4 Å². The van der Waals surface area contributed by atoms with Crippen LogP contribution < -0.4 is 4.74 Å². The normalized spacial score (nSPS) is 9.79. The molecule has 119 valence electrons. The van der Waals surface area contributed by atoms with E-state index in [1.807, 2.05) is 54.6 Å². The molecule has 0 N–H and O–H groups in total. The summed E-state index contributed by atoms with van der Waals surface area (Å²) in [6, 6.07) is 19.5. The number of hydrogen-bond acceptors (Lipinski definition) is 4. The summed E-state index contributed by atoms with van der Waals surface area (Å²) < 4.78 is 5.72. The van der Waals surface area contributed by atoms with Crippen molar-refractivity contribution in [2.75, 3.05) is 6.54 Å². The Hall–Kier alpha value is -1.96. The molecule has 0 aliphatic carbocycles. The largest absolute Gasteiger partial charge is 0.491 e. The van der Waals surface area contributed by atoms with Gasteiger partial charge in [-0.15, -0.1) is 0 Å². The van der Waals surface area contributed by atoms with Crippen molar-refractivity contribution in [3.8, 4) is 11.8 Å². The molecule has 0 aliphatic rings. The molecule has 0 unspecified atom stereocenters. The maximum atomic E-state index is 8.56. The Labute approximate surface area is 168 Å². The molecule has 2 aromatic rings. The van der Waals surface area contributed by atoms with Gasteiger partial charge in [0.05, 0.1) is 18.2 Å². The number of hydrogen-bond donors (Lipinski definition) is 0. The predicted octanol–water partition coefficient (Wildman–Crippen LogP) is 3.64. The fourth-order valence-corrected chi connectivity index (χ4v) is 1.81. The Morgan fingerprint density at radius 1 is 1.12 bits per heavy atom. The zero-order valence-electron chi connectivity index (χ0n) is 13.4. The summed E-state index contributed by atoms with van der Waals surface area (Å²) in [4.78, 5) is 0. The van der Waals surface area contributed by atoms with Crippen LogP contribution in [0.3, 0.4) is 0 Å². The molecule has 0 fully saturated rings. The summed E-state index contributed by atoms with van der Waals surface area (Å²) in [5, 5.41) is 14.1. The van der Waals surface area contributed by atoms with Gasteiger partial charge < -0.3 is 15.9 Å². The zero-order chi connectivity index (χ0) is 16.3. The van der Waals surface area contributed by atoms with Crippen LogP contribution in [-0.2, 0) is 39.3 Å². The molecule has 0 amide bonds. The van der Waals surface area contributed by atoms with Gasteiger partial charge in [-0.05, 0) is 5.56 Å². The molecule has 2 rings (SSSR count). The second kappa shape index (κ2) is 11.6. The topological polar surface area (TPSA) is 48.6 Å². The molecule has 0 aliphatic heterocycles. The summed E-state index contributed by atoms with van der Waals surface area (Å²) in [7, 11) is 0. The molecule has 5 heteroatoms. The van der Waals surface area contributed by atoms with Crippen LogP contribution in [0.1, 0.15) is 17.5 Å². The van der Waals surface area contributed by atoms with Gasteiger partial charge in [-0.3, -0.25) is 11.7 Å². The summed E-state index contributed by atoms with van der Waals surface area (Å²) in [5.74, 6) is 0.788. The monoisotopic (exact) mass is 392 g/mol. The summed E-state index contributed by atoms with van der Waals surface area (Å²) in [6.45, 7) is 4.51. The minimum Gasteiger partial charge on any atom is -0.491 e. The van der Waals surface area contributed by atoms with E-state index in [0.717, 1.165) is 16.9 Å². The zero-order valence-corrected chi connectivity index (χ0v) is 16.2. The molecule has 0 saturated heterocycles. The van der Waals surface area contributed by atoms with Gasteiger partial charge in [-0.2, -0.15) is 23.0 Å². The summed E-state index contributed by atoms with van der Waals surface area (Å²) in [6.07, 6.45) is 5.89. The fraction of sp³-hybridized carbons (Fsp3) is 0.158. The van der Waals surface area contributed by atoms with Crippen molar-refractivity contribution in [1.82, 2.24) is 5.01 Å². The van der Waals surface area contributed by atoms with Gasteiger partial charge in [0, 0.05) is 39.3 Å². The number of benzene rings is 2. The van der Waals surface area contributed by atoms with E-state index < -0.39 is 0 Å². The van der Waals surface area contributed by atoms with Gasteiger partial charge in [0.1, 0.15) is 6.61 Å². The van der Waals surface area contributed by atoms with Crippen molar-refractivity contribution >= 4 is 6.21 Å².